The third-order valence-corrected chi connectivity index (χ3v) is 8.48. The van der Waals surface area contributed by atoms with Crippen LogP contribution in [0.4, 0.5) is 0 Å². The molecular formula is C33H39NO2. The van der Waals surface area contributed by atoms with Crippen molar-refractivity contribution >= 4 is 5.78 Å². The number of fused-ring (bicyclic) bond motifs is 1. The van der Waals surface area contributed by atoms with Crippen LogP contribution in [0.3, 0.4) is 0 Å². The molecule has 188 valence electrons. The lowest BCUT2D eigenvalue weighted by Crippen LogP contribution is -2.34. The third-order valence-electron chi connectivity index (χ3n) is 8.48. The lowest BCUT2D eigenvalue weighted by Gasteiger charge is -2.42. The normalized spacial score (nSPS) is 17.6. The standard InChI is InChI=1S/C33H39NO2/c1-20-14-28-29(33(6,7)12-11-32(28,4)5)17-25(20)16-23-9-10-24(15-23)30(35)18-26-21(2)13-22(3)27(19-34)31(26)36-8/h9-10,13-14,17H,11-12,15-16,18H2,1-8H3. The van der Waals surface area contributed by atoms with Crippen LogP contribution in [0, 0.1) is 32.1 Å². The Labute approximate surface area is 216 Å². The van der Waals surface area contributed by atoms with E-state index in [1.54, 1.807) is 7.11 Å². The van der Waals surface area contributed by atoms with Crippen molar-refractivity contribution in [3.8, 4) is 11.8 Å². The molecule has 0 amide bonds. The topological polar surface area (TPSA) is 50.1 Å². The van der Waals surface area contributed by atoms with E-state index < -0.39 is 0 Å². The second-order valence-electron chi connectivity index (χ2n) is 12.1. The summed E-state index contributed by atoms with van der Waals surface area (Å²) < 4.78 is 5.58. The molecule has 0 N–H and O–H groups in total. The van der Waals surface area contributed by atoms with Crippen LogP contribution < -0.4 is 4.74 Å². The summed E-state index contributed by atoms with van der Waals surface area (Å²) in [5, 5.41) is 9.59. The van der Waals surface area contributed by atoms with Gasteiger partial charge in [0.05, 0.1) is 12.7 Å². The van der Waals surface area contributed by atoms with Crippen LogP contribution in [-0.2, 0) is 28.5 Å². The maximum absolute atomic E-state index is 13.3. The molecule has 0 unspecified atom stereocenters. The average Bonchev–Trinajstić information content (AvgIpc) is 3.28. The van der Waals surface area contributed by atoms with Crippen molar-refractivity contribution in [2.24, 2.45) is 0 Å². The van der Waals surface area contributed by atoms with E-state index in [1.165, 1.54) is 40.7 Å². The molecule has 0 aliphatic heterocycles. The van der Waals surface area contributed by atoms with Crippen molar-refractivity contribution in [1.82, 2.24) is 0 Å². The number of hydrogen-bond acceptors (Lipinski definition) is 3. The fourth-order valence-electron chi connectivity index (χ4n) is 5.95. The summed E-state index contributed by atoms with van der Waals surface area (Å²) in [5.74, 6) is 0.630. The maximum atomic E-state index is 13.3. The van der Waals surface area contributed by atoms with Crippen LogP contribution in [0.1, 0.15) is 91.5 Å². The van der Waals surface area contributed by atoms with Crippen LogP contribution in [0.25, 0.3) is 0 Å². The summed E-state index contributed by atoms with van der Waals surface area (Å²) in [6.07, 6.45) is 8.33. The number of carbonyl (C=O) groups is 1. The third kappa shape index (κ3) is 4.66. The van der Waals surface area contributed by atoms with Crippen molar-refractivity contribution in [3.05, 3.63) is 86.0 Å². The maximum Gasteiger partial charge on any atom is 0.163 e. The Balaban J connectivity index is 1.52. The first kappa shape index (κ1) is 26.0. The number of ketones is 1. The molecule has 36 heavy (non-hydrogen) atoms. The van der Waals surface area contributed by atoms with Crippen LogP contribution in [0.15, 0.2) is 41.5 Å². The predicted molar refractivity (Wildman–Crippen MR) is 147 cm³/mol. The van der Waals surface area contributed by atoms with Crippen LogP contribution in [0.5, 0.6) is 5.75 Å². The molecule has 0 heterocycles. The Morgan fingerprint density at radius 3 is 2.19 bits per heavy atom. The van der Waals surface area contributed by atoms with E-state index in [9.17, 15) is 10.1 Å². The van der Waals surface area contributed by atoms with Crippen LogP contribution in [0.2, 0.25) is 0 Å². The Morgan fingerprint density at radius 1 is 0.944 bits per heavy atom. The van der Waals surface area contributed by atoms with E-state index >= 15 is 0 Å². The highest BCUT2D eigenvalue weighted by atomic mass is 16.5. The number of carbonyl (C=O) groups excluding carboxylic acids is 1. The number of allylic oxidation sites excluding steroid dienone is 4. The number of nitriles is 1. The second-order valence-corrected chi connectivity index (χ2v) is 12.1. The fraction of sp³-hybridized carbons (Fsp3) is 0.455. The lowest BCUT2D eigenvalue weighted by atomic mass is 9.62. The first-order chi connectivity index (χ1) is 16.9. The summed E-state index contributed by atoms with van der Waals surface area (Å²) in [7, 11) is 1.57. The Morgan fingerprint density at radius 2 is 1.58 bits per heavy atom. The monoisotopic (exact) mass is 481 g/mol. The van der Waals surface area contributed by atoms with Gasteiger partial charge in [0.2, 0.25) is 0 Å². The van der Waals surface area contributed by atoms with Crippen molar-refractivity contribution in [1.29, 1.82) is 5.26 Å². The minimum Gasteiger partial charge on any atom is -0.495 e. The highest BCUT2D eigenvalue weighted by Gasteiger charge is 2.37. The van der Waals surface area contributed by atoms with E-state index in [0.717, 1.165) is 28.7 Å². The largest absolute Gasteiger partial charge is 0.495 e. The minimum absolute atomic E-state index is 0.0976. The number of rotatable bonds is 6. The number of ether oxygens (including phenoxy) is 1. The minimum atomic E-state index is 0.0976. The first-order valence-corrected chi connectivity index (χ1v) is 13.0. The van der Waals surface area contributed by atoms with Gasteiger partial charge < -0.3 is 4.74 Å². The molecule has 0 spiro atoms. The fourth-order valence-corrected chi connectivity index (χ4v) is 5.95. The van der Waals surface area contributed by atoms with E-state index in [-0.39, 0.29) is 23.0 Å². The van der Waals surface area contributed by atoms with Gasteiger partial charge in [-0.15, -0.1) is 0 Å². The summed E-state index contributed by atoms with van der Waals surface area (Å²) in [5.41, 5.74) is 11.4. The zero-order chi connectivity index (χ0) is 26.4. The van der Waals surface area contributed by atoms with Gasteiger partial charge in [-0.3, -0.25) is 4.79 Å². The number of benzene rings is 2. The van der Waals surface area contributed by atoms with Gasteiger partial charge >= 0.3 is 0 Å². The predicted octanol–water partition coefficient (Wildman–Crippen LogP) is 7.45. The molecule has 4 rings (SSSR count). The SMILES string of the molecule is COc1c(C#N)c(C)cc(C)c1CC(=O)C1=CC=C(Cc2cc3c(cc2C)C(C)(C)CCC3(C)C)C1. The quantitative estimate of drug-likeness (QED) is 0.430. The molecule has 2 aromatic carbocycles. The molecule has 3 heteroatoms. The molecule has 0 fully saturated rings. The first-order valence-electron chi connectivity index (χ1n) is 13.0. The van der Waals surface area contributed by atoms with Crippen molar-refractivity contribution in [2.45, 2.75) is 91.4 Å². The van der Waals surface area contributed by atoms with E-state index in [4.69, 9.17) is 4.74 Å². The molecule has 0 atom stereocenters. The van der Waals surface area contributed by atoms with Crippen molar-refractivity contribution < 1.29 is 9.53 Å². The Bertz CT molecular complexity index is 1340. The lowest BCUT2D eigenvalue weighted by molar-refractivity contribution is -0.115. The van der Waals surface area contributed by atoms with Crippen molar-refractivity contribution in [2.75, 3.05) is 7.11 Å². The average molecular weight is 482 g/mol. The summed E-state index contributed by atoms with van der Waals surface area (Å²) in [4.78, 5) is 13.3. The summed E-state index contributed by atoms with van der Waals surface area (Å²) in [6.45, 7) is 15.6. The molecule has 0 saturated heterocycles. The van der Waals surface area contributed by atoms with Gasteiger partial charge in [0.1, 0.15) is 11.8 Å². The molecule has 2 aromatic rings. The molecule has 0 aromatic heterocycles. The molecule has 0 saturated carbocycles. The number of nitrogens with zero attached hydrogens (tertiary/aromatic N) is 1. The molecule has 0 radical (unpaired) electrons. The highest BCUT2D eigenvalue weighted by Crippen LogP contribution is 2.47. The van der Waals surface area contributed by atoms with E-state index in [1.807, 2.05) is 26.0 Å². The van der Waals surface area contributed by atoms with Gasteiger partial charge in [-0.25, -0.2) is 0 Å². The Kier molecular flexibility index (Phi) is 6.78. The highest BCUT2D eigenvalue weighted by molar-refractivity contribution is 5.98. The number of hydrogen-bond donors (Lipinski definition) is 0. The molecule has 3 nitrogen and oxygen atoms in total. The van der Waals surface area contributed by atoms with E-state index in [0.29, 0.717) is 17.7 Å². The molecule has 0 bridgehead atoms. The van der Waals surface area contributed by atoms with Gasteiger partial charge in [-0.05, 0) is 96.2 Å². The number of aryl methyl sites for hydroxylation is 3. The summed E-state index contributed by atoms with van der Waals surface area (Å²) in [6, 6.07) is 9.06. The zero-order valence-electron chi connectivity index (χ0n) is 23.2. The molecular weight excluding hydrogens is 442 g/mol. The smallest absolute Gasteiger partial charge is 0.163 e. The van der Waals surface area contributed by atoms with Gasteiger partial charge in [-0.1, -0.05) is 63.6 Å². The van der Waals surface area contributed by atoms with Gasteiger partial charge in [0.25, 0.3) is 0 Å². The Hall–Kier alpha value is -3.12. The molecule has 2 aliphatic rings. The van der Waals surface area contributed by atoms with Gasteiger partial charge in [0.15, 0.2) is 5.78 Å². The van der Waals surface area contributed by atoms with Crippen LogP contribution >= 0.6 is 0 Å². The molecule has 2 aliphatic carbocycles. The summed E-state index contributed by atoms with van der Waals surface area (Å²) >= 11 is 0. The zero-order valence-corrected chi connectivity index (χ0v) is 23.2. The second kappa shape index (κ2) is 9.40. The number of methoxy groups -OCH3 is 1. The van der Waals surface area contributed by atoms with Crippen LogP contribution in [-0.4, -0.2) is 12.9 Å². The van der Waals surface area contributed by atoms with Crippen molar-refractivity contribution in [3.63, 3.8) is 0 Å². The van der Waals surface area contributed by atoms with Gasteiger partial charge in [0, 0.05) is 12.0 Å². The van der Waals surface area contributed by atoms with E-state index in [2.05, 4.69) is 58.9 Å². The number of Topliss-reactive ketones (excluding diaryl/α,β-unsaturated/α-hetero) is 1. The van der Waals surface area contributed by atoms with Gasteiger partial charge in [-0.2, -0.15) is 5.26 Å².